The minimum Gasteiger partial charge on any atom is -0.481 e. The van der Waals surface area contributed by atoms with E-state index in [-0.39, 0.29) is 17.2 Å². The highest BCUT2D eigenvalue weighted by Crippen LogP contribution is 2.36. The number of carbonyl (C=O) groups excluding carboxylic acids is 1. The molecule has 1 saturated heterocycles. The van der Waals surface area contributed by atoms with Crippen molar-refractivity contribution in [3.05, 3.63) is 0 Å². The third kappa shape index (κ3) is 3.55. The number of aliphatic carboxylic acids is 1. The molecule has 3 N–H and O–H groups in total. The van der Waals surface area contributed by atoms with E-state index in [1.54, 1.807) is 7.05 Å². The zero-order chi connectivity index (χ0) is 15.7. The number of carbonyl (C=O) groups is 2. The van der Waals surface area contributed by atoms with E-state index in [0.29, 0.717) is 38.8 Å². The van der Waals surface area contributed by atoms with Gasteiger partial charge in [0.05, 0.1) is 16.9 Å². The summed E-state index contributed by atoms with van der Waals surface area (Å²) in [7, 11) is 1.65. The molecule has 0 aromatic carbocycles. The van der Waals surface area contributed by atoms with Crippen molar-refractivity contribution in [3.8, 4) is 0 Å². The van der Waals surface area contributed by atoms with Crippen molar-refractivity contribution in [1.82, 2.24) is 10.2 Å². The summed E-state index contributed by atoms with van der Waals surface area (Å²) in [4.78, 5) is 25.0. The van der Waals surface area contributed by atoms with Crippen LogP contribution in [0, 0.1) is 11.3 Å². The molecule has 1 aliphatic carbocycles. The number of nitrogens with zero attached hydrogens (tertiary/aromatic N) is 1. The second-order valence-corrected chi connectivity index (χ2v) is 6.94. The van der Waals surface area contributed by atoms with Gasteiger partial charge in [0.2, 0.25) is 5.91 Å². The molecule has 6 nitrogen and oxygen atoms in total. The van der Waals surface area contributed by atoms with Crippen molar-refractivity contribution < 1.29 is 19.8 Å². The van der Waals surface area contributed by atoms with Crippen LogP contribution >= 0.6 is 0 Å². The minimum absolute atomic E-state index is 0.0478. The smallest absolute Gasteiger partial charge is 0.306 e. The van der Waals surface area contributed by atoms with Gasteiger partial charge in [0.15, 0.2) is 0 Å². The summed E-state index contributed by atoms with van der Waals surface area (Å²) in [6.07, 6.45) is 2.91. The maximum atomic E-state index is 11.9. The highest BCUT2D eigenvalue weighted by molar-refractivity contribution is 5.82. The summed E-state index contributed by atoms with van der Waals surface area (Å²) >= 11 is 0. The molecule has 1 atom stereocenters. The molecule has 1 unspecified atom stereocenters. The van der Waals surface area contributed by atoms with Crippen LogP contribution in [0.3, 0.4) is 0 Å². The van der Waals surface area contributed by atoms with Gasteiger partial charge in [0.1, 0.15) is 0 Å². The first-order chi connectivity index (χ1) is 9.78. The van der Waals surface area contributed by atoms with Gasteiger partial charge in [-0.2, -0.15) is 0 Å². The first-order valence-corrected chi connectivity index (χ1v) is 7.68. The Balaban J connectivity index is 1.89. The average Bonchev–Trinajstić information content (AvgIpc) is 2.80. The van der Waals surface area contributed by atoms with Gasteiger partial charge in [-0.1, -0.05) is 0 Å². The molecule has 0 bridgehead atoms. The van der Waals surface area contributed by atoms with Gasteiger partial charge in [-0.25, -0.2) is 0 Å². The highest BCUT2D eigenvalue weighted by atomic mass is 16.4. The number of nitrogens with one attached hydrogen (secondary N) is 1. The van der Waals surface area contributed by atoms with Gasteiger partial charge in [0, 0.05) is 20.1 Å². The van der Waals surface area contributed by atoms with E-state index in [2.05, 4.69) is 10.2 Å². The van der Waals surface area contributed by atoms with Crippen molar-refractivity contribution in [2.75, 3.05) is 26.7 Å². The molecule has 1 heterocycles. The predicted octanol–water partition coefficient (Wildman–Crippen LogP) is 0.450. The maximum absolute atomic E-state index is 11.9. The Morgan fingerprint density at radius 1 is 1.29 bits per heavy atom. The van der Waals surface area contributed by atoms with Crippen molar-refractivity contribution >= 4 is 11.9 Å². The molecule has 0 radical (unpaired) electrons. The Hall–Kier alpha value is -1.14. The summed E-state index contributed by atoms with van der Waals surface area (Å²) in [5.74, 6) is -1.03. The lowest BCUT2D eigenvalue weighted by molar-refractivity contribution is -0.145. The molecular weight excluding hydrogens is 272 g/mol. The van der Waals surface area contributed by atoms with Crippen LogP contribution in [-0.4, -0.2) is 59.3 Å². The average molecular weight is 298 g/mol. The maximum Gasteiger partial charge on any atom is 0.306 e. The lowest BCUT2D eigenvalue weighted by Crippen LogP contribution is -2.47. The van der Waals surface area contributed by atoms with E-state index in [4.69, 9.17) is 5.11 Å². The van der Waals surface area contributed by atoms with E-state index in [9.17, 15) is 14.7 Å². The lowest BCUT2D eigenvalue weighted by atomic mass is 9.78. The zero-order valence-electron chi connectivity index (χ0n) is 12.9. The second kappa shape index (κ2) is 5.93. The summed E-state index contributed by atoms with van der Waals surface area (Å²) in [5, 5.41) is 22.4. The van der Waals surface area contributed by atoms with E-state index >= 15 is 0 Å². The molecule has 2 rings (SSSR count). The topological polar surface area (TPSA) is 89.9 Å². The van der Waals surface area contributed by atoms with Crippen LogP contribution in [0.1, 0.15) is 39.0 Å². The molecule has 0 spiro atoms. The summed E-state index contributed by atoms with van der Waals surface area (Å²) in [5.41, 5.74) is -1.19. The van der Waals surface area contributed by atoms with Crippen molar-refractivity contribution in [2.45, 2.75) is 44.6 Å². The van der Waals surface area contributed by atoms with Gasteiger partial charge in [0.25, 0.3) is 0 Å². The third-order valence-corrected chi connectivity index (χ3v) is 5.11. The monoisotopic (exact) mass is 298 g/mol. The Kier molecular flexibility index (Phi) is 4.58. The van der Waals surface area contributed by atoms with Crippen LogP contribution in [0.2, 0.25) is 0 Å². The lowest BCUT2D eigenvalue weighted by Gasteiger charge is -2.37. The number of β-amino-alcohol motifs (C(OH)–C–C–N with tert-alkyl or cyclic N) is 1. The van der Waals surface area contributed by atoms with Crippen LogP contribution in [0.4, 0.5) is 0 Å². The number of hydrogen-bond acceptors (Lipinski definition) is 4. The summed E-state index contributed by atoms with van der Waals surface area (Å²) < 4.78 is 0. The first-order valence-electron chi connectivity index (χ1n) is 7.68. The Morgan fingerprint density at radius 3 is 2.43 bits per heavy atom. The largest absolute Gasteiger partial charge is 0.481 e. The SMILES string of the molecule is CNC(=O)C1(C)CCN(CC2(O)CCC(C(=O)O)CC2)C1. The van der Waals surface area contributed by atoms with Crippen molar-refractivity contribution in [3.63, 3.8) is 0 Å². The van der Waals surface area contributed by atoms with Crippen LogP contribution in [0.15, 0.2) is 0 Å². The molecule has 2 aliphatic rings. The number of likely N-dealkylation sites (tertiary alicyclic amines) is 1. The van der Waals surface area contributed by atoms with Crippen molar-refractivity contribution in [1.29, 1.82) is 0 Å². The van der Waals surface area contributed by atoms with Gasteiger partial charge in [-0.05, 0) is 45.6 Å². The van der Waals surface area contributed by atoms with Crippen LogP contribution in [-0.2, 0) is 9.59 Å². The fourth-order valence-corrected chi connectivity index (χ4v) is 3.66. The number of carboxylic acid groups (broad SMARTS) is 1. The van der Waals surface area contributed by atoms with Crippen LogP contribution in [0.25, 0.3) is 0 Å². The normalized spacial score (nSPS) is 37.4. The number of aliphatic hydroxyl groups is 1. The number of hydrogen-bond donors (Lipinski definition) is 3. The first kappa shape index (κ1) is 16.2. The molecule has 6 heteroatoms. The van der Waals surface area contributed by atoms with Gasteiger partial charge in [-0.3, -0.25) is 14.5 Å². The van der Waals surface area contributed by atoms with E-state index in [1.807, 2.05) is 6.92 Å². The summed E-state index contributed by atoms with van der Waals surface area (Å²) in [6, 6.07) is 0. The van der Waals surface area contributed by atoms with E-state index in [1.165, 1.54) is 0 Å². The van der Waals surface area contributed by atoms with E-state index < -0.39 is 11.6 Å². The molecule has 1 amide bonds. The molecule has 0 aromatic rings. The minimum atomic E-state index is -0.806. The molecule has 0 aromatic heterocycles. The summed E-state index contributed by atoms with van der Waals surface area (Å²) in [6.45, 7) is 3.94. The molecule has 1 aliphatic heterocycles. The molecule has 1 saturated carbocycles. The number of amides is 1. The van der Waals surface area contributed by atoms with Crippen LogP contribution < -0.4 is 5.32 Å². The Morgan fingerprint density at radius 2 is 1.90 bits per heavy atom. The van der Waals surface area contributed by atoms with E-state index in [0.717, 1.165) is 13.0 Å². The molecule has 120 valence electrons. The van der Waals surface area contributed by atoms with Crippen LogP contribution in [0.5, 0.6) is 0 Å². The van der Waals surface area contributed by atoms with Gasteiger partial charge >= 0.3 is 5.97 Å². The molecular formula is C15H26N2O4. The number of rotatable bonds is 4. The highest BCUT2D eigenvalue weighted by Gasteiger charge is 2.43. The standard InChI is InChI=1S/C15H26N2O4/c1-14(13(20)16-2)7-8-17(9-14)10-15(21)5-3-11(4-6-15)12(18)19/h11,21H,3-10H2,1-2H3,(H,16,20)(H,18,19). The Bertz CT molecular complexity index is 418. The van der Waals surface area contributed by atoms with Gasteiger partial charge in [-0.15, -0.1) is 0 Å². The molecule has 2 fully saturated rings. The van der Waals surface area contributed by atoms with Gasteiger partial charge < -0.3 is 15.5 Å². The predicted molar refractivity (Wildman–Crippen MR) is 77.8 cm³/mol. The zero-order valence-corrected chi connectivity index (χ0v) is 12.9. The fraction of sp³-hybridized carbons (Fsp3) is 0.867. The third-order valence-electron chi connectivity index (χ3n) is 5.11. The number of carboxylic acids is 1. The fourth-order valence-electron chi connectivity index (χ4n) is 3.66. The quantitative estimate of drug-likeness (QED) is 0.701. The Labute approximate surface area is 125 Å². The second-order valence-electron chi connectivity index (χ2n) is 6.94. The molecule has 21 heavy (non-hydrogen) atoms. The van der Waals surface area contributed by atoms with Crippen molar-refractivity contribution in [2.24, 2.45) is 11.3 Å².